The number of ether oxygens (including phenoxy) is 1. The SMILES string of the molecule is Cn1ccc2cc(C3CC(=O)OC3=O)ccc21. The first-order valence-electron chi connectivity index (χ1n) is 5.44. The third-order valence-electron chi connectivity index (χ3n) is 3.18. The van der Waals surface area contributed by atoms with Crippen LogP contribution in [0.5, 0.6) is 0 Å². The van der Waals surface area contributed by atoms with Crippen LogP contribution < -0.4 is 0 Å². The van der Waals surface area contributed by atoms with Crippen molar-refractivity contribution >= 4 is 22.8 Å². The smallest absolute Gasteiger partial charge is 0.321 e. The van der Waals surface area contributed by atoms with Gasteiger partial charge in [0.25, 0.3) is 0 Å². The average molecular weight is 229 g/mol. The summed E-state index contributed by atoms with van der Waals surface area (Å²) >= 11 is 0. The summed E-state index contributed by atoms with van der Waals surface area (Å²) in [4.78, 5) is 22.5. The molecule has 1 aromatic carbocycles. The second kappa shape index (κ2) is 3.45. The molecule has 4 nitrogen and oxygen atoms in total. The highest BCUT2D eigenvalue weighted by atomic mass is 16.6. The lowest BCUT2D eigenvalue weighted by atomic mass is 9.97. The van der Waals surface area contributed by atoms with Crippen LogP contribution in [0, 0.1) is 0 Å². The first-order chi connectivity index (χ1) is 8.15. The number of fused-ring (bicyclic) bond motifs is 1. The van der Waals surface area contributed by atoms with E-state index in [0.29, 0.717) is 0 Å². The molecule has 1 fully saturated rings. The van der Waals surface area contributed by atoms with Crippen molar-refractivity contribution < 1.29 is 14.3 Å². The molecule has 0 saturated carbocycles. The largest absolute Gasteiger partial charge is 0.393 e. The van der Waals surface area contributed by atoms with Gasteiger partial charge in [0, 0.05) is 18.8 Å². The summed E-state index contributed by atoms with van der Waals surface area (Å²) in [5.41, 5.74) is 1.95. The van der Waals surface area contributed by atoms with E-state index in [4.69, 9.17) is 0 Å². The van der Waals surface area contributed by atoms with Gasteiger partial charge in [-0.05, 0) is 29.1 Å². The lowest BCUT2D eigenvalue weighted by molar-refractivity contribution is -0.152. The number of aromatic nitrogens is 1. The first-order valence-corrected chi connectivity index (χ1v) is 5.44. The zero-order valence-electron chi connectivity index (χ0n) is 9.34. The summed E-state index contributed by atoms with van der Waals surface area (Å²) in [7, 11) is 1.97. The first kappa shape index (κ1) is 10.1. The molecule has 0 radical (unpaired) electrons. The van der Waals surface area contributed by atoms with Gasteiger partial charge in [-0.3, -0.25) is 9.59 Å². The van der Waals surface area contributed by atoms with Gasteiger partial charge in [-0.25, -0.2) is 0 Å². The zero-order valence-corrected chi connectivity index (χ0v) is 9.34. The fraction of sp³-hybridized carbons (Fsp3) is 0.231. The summed E-state index contributed by atoms with van der Waals surface area (Å²) in [6.45, 7) is 0. The van der Waals surface area contributed by atoms with Crippen molar-refractivity contribution in [3.63, 3.8) is 0 Å². The van der Waals surface area contributed by atoms with Crippen LogP contribution in [0.15, 0.2) is 30.5 Å². The van der Waals surface area contributed by atoms with Gasteiger partial charge in [-0.2, -0.15) is 0 Å². The van der Waals surface area contributed by atoms with E-state index in [1.54, 1.807) is 0 Å². The van der Waals surface area contributed by atoms with Gasteiger partial charge in [0.1, 0.15) is 0 Å². The number of aryl methyl sites for hydroxylation is 1. The maximum absolute atomic E-state index is 11.5. The third-order valence-corrected chi connectivity index (χ3v) is 3.18. The number of carbonyl (C=O) groups is 2. The van der Waals surface area contributed by atoms with Gasteiger partial charge in [0.15, 0.2) is 0 Å². The van der Waals surface area contributed by atoms with E-state index < -0.39 is 17.9 Å². The van der Waals surface area contributed by atoms with Crippen LogP contribution in [-0.4, -0.2) is 16.5 Å². The minimum Gasteiger partial charge on any atom is -0.393 e. The number of rotatable bonds is 1. The standard InChI is InChI=1S/C13H11NO3/c1-14-5-4-9-6-8(2-3-11(9)14)10-7-12(15)17-13(10)16/h2-6,10H,7H2,1H3. The predicted molar refractivity (Wildman–Crippen MR) is 61.4 cm³/mol. The van der Waals surface area contributed by atoms with Crippen LogP contribution >= 0.6 is 0 Å². The van der Waals surface area contributed by atoms with Crippen molar-refractivity contribution in [1.29, 1.82) is 0 Å². The molecule has 1 aromatic heterocycles. The molecular formula is C13H11NO3. The maximum Gasteiger partial charge on any atom is 0.321 e. The van der Waals surface area contributed by atoms with Crippen molar-refractivity contribution in [3.05, 3.63) is 36.0 Å². The summed E-state index contributed by atoms with van der Waals surface area (Å²) < 4.78 is 6.57. The summed E-state index contributed by atoms with van der Waals surface area (Å²) in [5.74, 6) is -1.31. The molecule has 86 valence electrons. The number of nitrogens with zero attached hydrogens (tertiary/aromatic N) is 1. The molecule has 1 unspecified atom stereocenters. The van der Waals surface area contributed by atoms with E-state index in [1.807, 2.05) is 42.1 Å². The van der Waals surface area contributed by atoms with E-state index >= 15 is 0 Å². The molecule has 2 aromatic rings. The average Bonchev–Trinajstić information content (AvgIpc) is 2.82. The molecule has 1 aliphatic heterocycles. The molecule has 0 bridgehead atoms. The van der Waals surface area contributed by atoms with Gasteiger partial charge in [-0.15, -0.1) is 0 Å². The topological polar surface area (TPSA) is 48.3 Å². The van der Waals surface area contributed by atoms with Gasteiger partial charge in [-0.1, -0.05) is 6.07 Å². The van der Waals surface area contributed by atoms with E-state index in [2.05, 4.69) is 4.74 Å². The van der Waals surface area contributed by atoms with Crippen molar-refractivity contribution in [2.24, 2.45) is 7.05 Å². The lowest BCUT2D eigenvalue weighted by Gasteiger charge is -2.05. The molecule has 0 N–H and O–H groups in total. The highest BCUT2D eigenvalue weighted by molar-refractivity contribution is 5.98. The van der Waals surface area contributed by atoms with Crippen molar-refractivity contribution in [2.45, 2.75) is 12.3 Å². The van der Waals surface area contributed by atoms with Crippen LogP contribution in [0.3, 0.4) is 0 Å². The highest BCUT2D eigenvalue weighted by Gasteiger charge is 2.34. The molecule has 1 saturated heterocycles. The molecule has 0 aliphatic carbocycles. The molecular weight excluding hydrogens is 218 g/mol. The number of carbonyl (C=O) groups excluding carboxylic acids is 2. The molecule has 3 rings (SSSR count). The van der Waals surface area contributed by atoms with Gasteiger partial charge >= 0.3 is 11.9 Å². The molecule has 2 heterocycles. The number of benzene rings is 1. The van der Waals surface area contributed by atoms with E-state index in [1.165, 1.54) is 0 Å². The zero-order chi connectivity index (χ0) is 12.0. The Morgan fingerprint density at radius 2 is 2.12 bits per heavy atom. The number of hydrogen-bond acceptors (Lipinski definition) is 3. The number of cyclic esters (lactones) is 2. The minimum absolute atomic E-state index is 0.150. The molecule has 17 heavy (non-hydrogen) atoms. The quantitative estimate of drug-likeness (QED) is 0.552. The fourth-order valence-electron chi connectivity index (χ4n) is 2.25. The fourth-order valence-corrected chi connectivity index (χ4v) is 2.25. The van der Waals surface area contributed by atoms with Crippen molar-refractivity contribution in [1.82, 2.24) is 4.57 Å². The molecule has 1 aliphatic rings. The van der Waals surface area contributed by atoms with E-state index in [-0.39, 0.29) is 6.42 Å². The molecule has 4 heteroatoms. The molecule has 0 spiro atoms. The third kappa shape index (κ3) is 1.53. The molecule has 1 atom stereocenters. The Bertz CT molecular complexity index is 627. The van der Waals surface area contributed by atoms with Gasteiger partial charge < -0.3 is 9.30 Å². The van der Waals surface area contributed by atoms with Crippen LogP contribution in [0.2, 0.25) is 0 Å². The second-order valence-corrected chi connectivity index (χ2v) is 4.29. The normalized spacial score (nSPS) is 19.9. The van der Waals surface area contributed by atoms with Gasteiger partial charge in [0.05, 0.1) is 12.3 Å². The Labute approximate surface area is 97.8 Å². The maximum atomic E-state index is 11.5. The Morgan fingerprint density at radius 3 is 2.82 bits per heavy atom. The number of esters is 2. The van der Waals surface area contributed by atoms with Crippen molar-refractivity contribution in [3.8, 4) is 0 Å². The summed E-state index contributed by atoms with van der Waals surface area (Å²) in [5, 5.41) is 1.07. The Kier molecular flexibility index (Phi) is 2.04. The highest BCUT2D eigenvalue weighted by Crippen LogP contribution is 2.29. The Balaban J connectivity index is 2.06. The van der Waals surface area contributed by atoms with Crippen LogP contribution in [0.1, 0.15) is 17.9 Å². The molecule has 0 amide bonds. The van der Waals surface area contributed by atoms with Crippen LogP contribution in [0.25, 0.3) is 10.9 Å². The van der Waals surface area contributed by atoms with Crippen LogP contribution in [0.4, 0.5) is 0 Å². The second-order valence-electron chi connectivity index (χ2n) is 4.29. The monoisotopic (exact) mass is 229 g/mol. The predicted octanol–water partition coefficient (Wildman–Crippen LogP) is 1.74. The lowest BCUT2D eigenvalue weighted by Crippen LogP contribution is -2.05. The Hall–Kier alpha value is -2.10. The number of hydrogen-bond donors (Lipinski definition) is 0. The minimum atomic E-state index is -0.440. The van der Waals surface area contributed by atoms with Gasteiger partial charge in [0.2, 0.25) is 0 Å². The van der Waals surface area contributed by atoms with E-state index in [0.717, 1.165) is 16.5 Å². The summed E-state index contributed by atoms with van der Waals surface area (Å²) in [6, 6.07) is 7.77. The van der Waals surface area contributed by atoms with Crippen molar-refractivity contribution in [2.75, 3.05) is 0 Å². The Morgan fingerprint density at radius 1 is 1.29 bits per heavy atom. The summed E-state index contributed by atoms with van der Waals surface area (Å²) in [6.07, 6.45) is 2.11. The van der Waals surface area contributed by atoms with Crippen LogP contribution in [-0.2, 0) is 21.4 Å². The van der Waals surface area contributed by atoms with E-state index in [9.17, 15) is 9.59 Å².